The van der Waals surface area contributed by atoms with Crippen LogP contribution >= 0.6 is 0 Å². The Morgan fingerprint density at radius 3 is 2.80 bits per heavy atom. The molecule has 0 fully saturated rings. The third-order valence-electron chi connectivity index (χ3n) is 1.65. The Labute approximate surface area is 59.3 Å². The number of carbonyl (C=O) groups is 1. The van der Waals surface area contributed by atoms with Crippen molar-refractivity contribution in [2.24, 2.45) is 22.4 Å². The molecule has 0 aliphatic carbocycles. The lowest BCUT2D eigenvalue weighted by Crippen LogP contribution is -2.37. The van der Waals surface area contributed by atoms with Gasteiger partial charge in [0.15, 0.2) is 0 Å². The van der Waals surface area contributed by atoms with E-state index in [-0.39, 0.29) is 11.8 Å². The second-order valence-corrected chi connectivity index (χ2v) is 2.40. The van der Waals surface area contributed by atoms with Crippen LogP contribution in [0.25, 0.3) is 0 Å². The van der Waals surface area contributed by atoms with E-state index in [0.717, 1.165) is 19.4 Å². The van der Waals surface area contributed by atoms with E-state index < -0.39 is 0 Å². The van der Waals surface area contributed by atoms with Crippen molar-refractivity contribution in [2.45, 2.75) is 12.8 Å². The van der Waals surface area contributed by atoms with Crippen LogP contribution in [0.4, 0.5) is 0 Å². The summed E-state index contributed by atoms with van der Waals surface area (Å²) in [5.74, 6) is -0.270. The predicted molar refractivity (Wildman–Crippen MR) is 38.4 cm³/mol. The molecular formula is C6H11N3O. The Bertz CT molecular complexity index is 176. The summed E-state index contributed by atoms with van der Waals surface area (Å²) in [6.45, 7) is 0.732. The van der Waals surface area contributed by atoms with Crippen LogP contribution in [-0.4, -0.2) is 18.3 Å². The molecule has 0 radical (unpaired) electrons. The number of hydrogen-bond donors (Lipinski definition) is 2. The van der Waals surface area contributed by atoms with E-state index in [1.165, 1.54) is 0 Å². The van der Waals surface area contributed by atoms with E-state index in [0.29, 0.717) is 5.84 Å². The highest BCUT2D eigenvalue weighted by Crippen LogP contribution is 2.11. The number of primary amides is 1. The molecule has 4 heteroatoms. The van der Waals surface area contributed by atoms with E-state index in [1.54, 1.807) is 0 Å². The zero-order valence-electron chi connectivity index (χ0n) is 5.71. The molecule has 0 bridgehead atoms. The summed E-state index contributed by atoms with van der Waals surface area (Å²) in [5, 5.41) is 0. The van der Waals surface area contributed by atoms with E-state index >= 15 is 0 Å². The molecule has 0 spiro atoms. The zero-order valence-corrected chi connectivity index (χ0v) is 5.71. The average Bonchev–Trinajstić information content (AvgIpc) is 1.88. The molecule has 1 rings (SSSR count). The molecule has 0 aromatic rings. The van der Waals surface area contributed by atoms with Crippen LogP contribution in [0.3, 0.4) is 0 Å². The Kier molecular flexibility index (Phi) is 1.89. The molecule has 0 saturated heterocycles. The van der Waals surface area contributed by atoms with Crippen LogP contribution in [0.5, 0.6) is 0 Å². The van der Waals surface area contributed by atoms with Crippen molar-refractivity contribution in [3.05, 3.63) is 0 Å². The van der Waals surface area contributed by atoms with Crippen LogP contribution in [0.2, 0.25) is 0 Å². The zero-order chi connectivity index (χ0) is 7.56. The van der Waals surface area contributed by atoms with Crippen molar-refractivity contribution in [2.75, 3.05) is 6.54 Å². The van der Waals surface area contributed by atoms with Gasteiger partial charge in [-0.3, -0.25) is 9.79 Å². The van der Waals surface area contributed by atoms with Crippen molar-refractivity contribution in [3.8, 4) is 0 Å². The first-order valence-electron chi connectivity index (χ1n) is 3.31. The third-order valence-corrected chi connectivity index (χ3v) is 1.65. The summed E-state index contributed by atoms with van der Waals surface area (Å²) in [6, 6.07) is 0. The lowest BCUT2D eigenvalue weighted by atomic mass is 9.99. The van der Waals surface area contributed by atoms with Gasteiger partial charge in [-0.05, 0) is 12.8 Å². The van der Waals surface area contributed by atoms with Gasteiger partial charge < -0.3 is 11.5 Å². The van der Waals surface area contributed by atoms with Crippen LogP contribution in [0, 0.1) is 5.92 Å². The monoisotopic (exact) mass is 141 g/mol. The van der Waals surface area contributed by atoms with Crippen molar-refractivity contribution >= 4 is 11.7 Å². The van der Waals surface area contributed by atoms with Crippen molar-refractivity contribution < 1.29 is 4.79 Å². The molecule has 0 saturated carbocycles. The van der Waals surface area contributed by atoms with Gasteiger partial charge in [0.05, 0.1) is 5.92 Å². The molecule has 1 unspecified atom stereocenters. The Morgan fingerprint density at radius 1 is 1.70 bits per heavy atom. The molecule has 0 aromatic carbocycles. The number of nitrogens with two attached hydrogens (primary N) is 2. The van der Waals surface area contributed by atoms with Gasteiger partial charge in [-0.2, -0.15) is 0 Å². The maximum atomic E-state index is 10.6. The van der Waals surface area contributed by atoms with Crippen LogP contribution in [0.1, 0.15) is 12.8 Å². The van der Waals surface area contributed by atoms with E-state index in [2.05, 4.69) is 4.99 Å². The number of hydrogen-bond acceptors (Lipinski definition) is 3. The van der Waals surface area contributed by atoms with Gasteiger partial charge in [0, 0.05) is 6.54 Å². The van der Waals surface area contributed by atoms with Gasteiger partial charge >= 0.3 is 0 Å². The lowest BCUT2D eigenvalue weighted by molar-refractivity contribution is -0.120. The normalized spacial score (nSPS) is 25.6. The minimum atomic E-state index is -0.360. The van der Waals surface area contributed by atoms with Crippen molar-refractivity contribution in [1.29, 1.82) is 0 Å². The second-order valence-electron chi connectivity index (χ2n) is 2.40. The minimum Gasteiger partial charge on any atom is -0.387 e. The first kappa shape index (κ1) is 7.05. The summed E-state index contributed by atoms with van der Waals surface area (Å²) in [6.07, 6.45) is 1.67. The van der Waals surface area contributed by atoms with Crippen molar-refractivity contribution in [1.82, 2.24) is 0 Å². The molecule has 1 atom stereocenters. The summed E-state index contributed by atoms with van der Waals surface area (Å²) in [4.78, 5) is 14.6. The maximum absolute atomic E-state index is 10.6. The quantitative estimate of drug-likeness (QED) is 0.503. The van der Waals surface area contributed by atoms with E-state index in [9.17, 15) is 4.79 Å². The fourth-order valence-corrected chi connectivity index (χ4v) is 1.05. The first-order valence-corrected chi connectivity index (χ1v) is 3.31. The topological polar surface area (TPSA) is 81.5 Å². The highest BCUT2D eigenvalue weighted by atomic mass is 16.1. The SMILES string of the molecule is NC(=O)C1CCCN=C1N. The van der Waals surface area contributed by atoms with Gasteiger partial charge in [-0.25, -0.2) is 0 Å². The first-order chi connectivity index (χ1) is 4.72. The number of nitrogens with zero attached hydrogens (tertiary/aromatic N) is 1. The molecule has 56 valence electrons. The second kappa shape index (κ2) is 2.68. The summed E-state index contributed by atoms with van der Waals surface area (Å²) in [5.41, 5.74) is 10.5. The molecule has 1 aliphatic heterocycles. The smallest absolute Gasteiger partial charge is 0.228 e. The molecule has 1 amide bonds. The standard InChI is InChI=1S/C6H11N3O/c7-5-4(6(8)10)2-1-3-9-5/h4H,1-3H2,(H2,7,9)(H2,8,10). The molecule has 10 heavy (non-hydrogen) atoms. The molecular weight excluding hydrogens is 130 g/mol. The Balaban J connectivity index is 2.67. The number of carbonyl (C=O) groups excluding carboxylic acids is 1. The molecule has 4 N–H and O–H groups in total. The van der Waals surface area contributed by atoms with E-state index in [1.807, 2.05) is 0 Å². The summed E-state index contributed by atoms with van der Waals surface area (Å²) < 4.78 is 0. The average molecular weight is 141 g/mol. The third kappa shape index (κ3) is 1.26. The number of rotatable bonds is 1. The summed E-state index contributed by atoms with van der Waals surface area (Å²) >= 11 is 0. The highest BCUT2D eigenvalue weighted by Gasteiger charge is 2.21. The fourth-order valence-electron chi connectivity index (χ4n) is 1.05. The van der Waals surface area contributed by atoms with Gasteiger partial charge in [0.2, 0.25) is 5.91 Å². The molecule has 1 heterocycles. The molecule has 0 aromatic heterocycles. The number of amides is 1. The predicted octanol–water partition coefficient (Wildman–Crippen LogP) is -0.761. The molecule has 4 nitrogen and oxygen atoms in total. The Hall–Kier alpha value is -1.06. The van der Waals surface area contributed by atoms with Gasteiger partial charge in [0.25, 0.3) is 0 Å². The van der Waals surface area contributed by atoms with Gasteiger partial charge in [0.1, 0.15) is 5.84 Å². The van der Waals surface area contributed by atoms with Crippen LogP contribution in [-0.2, 0) is 4.79 Å². The summed E-state index contributed by atoms with van der Waals surface area (Å²) in [7, 11) is 0. The fraction of sp³-hybridized carbons (Fsp3) is 0.667. The van der Waals surface area contributed by atoms with Gasteiger partial charge in [-0.1, -0.05) is 0 Å². The maximum Gasteiger partial charge on any atom is 0.228 e. The van der Waals surface area contributed by atoms with Crippen molar-refractivity contribution in [3.63, 3.8) is 0 Å². The highest BCUT2D eigenvalue weighted by molar-refractivity contribution is 6.01. The van der Waals surface area contributed by atoms with Gasteiger partial charge in [-0.15, -0.1) is 0 Å². The van der Waals surface area contributed by atoms with Crippen LogP contribution in [0.15, 0.2) is 4.99 Å². The number of aliphatic imine (C=N–C) groups is 1. The molecule has 1 aliphatic rings. The largest absolute Gasteiger partial charge is 0.387 e. The Morgan fingerprint density at radius 2 is 2.40 bits per heavy atom. The minimum absolute atomic E-state index is 0.311. The van der Waals surface area contributed by atoms with E-state index in [4.69, 9.17) is 11.5 Å². The number of amidine groups is 1. The lowest BCUT2D eigenvalue weighted by Gasteiger charge is -2.16. The van der Waals surface area contributed by atoms with Crippen LogP contribution < -0.4 is 11.5 Å².